The number of nitrogens with one attached hydrogen (secondary N) is 1. The Hall–Kier alpha value is -1.09. The van der Waals surface area contributed by atoms with Crippen molar-refractivity contribution in [2.75, 3.05) is 24.5 Å². The fraction of sp³-hybridized carbons (Fsp3) is 0.583. The lowest BCUT2D eigenvalue weighted by molar-refractivity contribution is 0.448. The summed E-state index contributed by atoms with van der Waals surface area (Å²) in [4.78, 5) is 6.86. The molecule has 0 aromatic carbocycles. The largest absolute Gasteiger partial charge is 0.351 e. The van der Waals surface area contributed by atoms with E-state index in [0.717, 1.165) is 25.5 Å². The van der Waals surface area contributed by atoms with Crippen LogP contribution in [0, 0.1) is 0 Å². The lowest BCUT2D eigenvalue weighted by Gasteiger charge is -2.37. The van der Waals surface area contributed by atoms with E-state index in [-0.39, 0.29) is 0 Å². The number of nitrogens with zero attached hydrogens (tertiary/aromatic N) is 2. The van der Waals surface area contributed by atoms with Crippen molar-refractivity contribution in [1.29, 1.82) is 0 Å². The van der Waals surface area contributed by atoms with Gasteiger partial charge in [0, 0.05) is 31.9 Å². The average molecular weight is 205 g/mol. The van der Waals surface area contributed by atoms with Gasteiger partial charge in [-0.3, -0.25) is 0 Å². The zero-order valence-electron chi connectivity index (χ0n) is 9.32. The summed E-state index contributed by atoms with van der Waals surface area (Å²) in [6.45, 7) is 5.47. The Morgan fingerprint density at radius 2 is 2.47 bits per heavy atom. The highest BCUT2D eigenvalue weighted by atomic mass is 15.3. The third kappa shape index (κ3) is 2.48. The molecule has 0 bridgehead atoms. The van der Waals surface area contributed by atoms with Crippen LogP contribution in [-0.2, 0) is 0 Å². The molecule has 2 heterocycles. The minimum Gasteiger partial charge on any atom is -0.351 e. The van der Waals surface area contributed by atoms with Crippen LogP contribution in [-0.4, -0.2) is 30.7 Å². The summed E-state index contributed by atoms with van der Waals surface area (Å²) in [6.07, 6.45) is 4.35. The van der Waals surface area contributed by atoms with E-state index in [1.54, 1.807) is 0 Å². The monoisotopic (exact) mass is 205 g/mol. The summed E-state index contributed by atoms with van der Waals surface area (Å²) in [6, 6.07) is 6.75. The first-order valence-corrected chi connectivity index (χ1v) is 5.80. The third-order valence-corrected chi connectivity index (χ3v) is 2.92. The van der Waals surface area contributed by atoms with Crippen LogP contribution in [0.1, 0.15) is 19.8 Å². The first kappa shape index (κ1) is 10.4. The molecule has 1 unspecified atom stereocenters. The van der Waals surface area contributed by atoms with E-state index >= 15 is 0 Å². The van der Waals surface area contributed by atoms with Crippen molar-refractivity contribution >= 4 is 5.82 Å². The number of rotatable bonds is 3. The standard InChI is InChI=1S/C12H19N3/c1-2-5-11-10-13-8-9-15(11)12-6-3-4-7-14-12/h3-4,6-7,11,13H,2,5,8-10H2,1H3. The zero-order valence-corrected chi connectivity index (χ0v) is 9.32. The van der Waals surface area contributed by atoms with E-state index in [4.69, 9.17) is 0 Å². The van der Waals surface area contributed by atoms with Gasteiger partial charge in [0.1, 0.15) is 5.82 Å². The maximum absolute atomic E-state index is 4.43. The molecule has 1 N–H and O–H groups in total. The second-order valence-electron chi connectivity index (χ2n) is 4.03. The Morgan fingerprint density at radius 1 is 1.53 bits per heavy atom. The SMILES string of the molecule is CCCC1CNCCN1c1ccccn1. The third-order valence-electron chi connectivity index (χ3n) is 2.92. The first-order valence-electron chi connectivity index (χ1n) is 5.80. The maximum Gasteiger partial charge on any atom is 0.128 e. The number of aromatic nitrogens is 1. The Balaban J connectivity index is 2.11. The molecule has 0 spiro atoms. The number of hydrogen-bond donors (Lipinski definition) is 1. The van der Waals surface area contributed by atoms with Gasteiger partial charge in [-0.05, 0) is 18.6 Å². The second-order valence-corrected chi connectivity index (χ2v) is 4.03. The predicted molar refractivity (Wildman–Crippen MR) is 63.1 cm³/mol. The van der Waals surface area contributed by atoms with Crippen LogP contribution in [0.2, 0.25) is 0 Å². The van der Waals surface area contributed by atoms with E-state index in [9.17, 15) is 0 Å². The lowest BCUT2D eigenvalue weighted by Crippen LogP contribution is -2.51. The molecule has 15 heavy (non-hydrogen) atoms. The molecule has 0 saturated carbocycles. The second kappa shape index (κ2) is 5.12. The lowest BCUT2D eigenvalue weighted by atomic mass is 10.1. The van der Waals surface area contributed by atoms with E-state index in [1.807, 2.05) is 12.3 Å². The molecule has 1 atom stereocenters. The summed E-state index contributed by atoms with van der Waals surface area (Å²) in [5.74, 6) is 1.12. The molecular formula is C12H19N3. The van der Waals surface area contributed by atoms with Gasteiger partial charge >= 0.3 is 0 Å². The van der Waals surface area contributed by atoms with E-state index in [2.05, 4.69) is 34.3 Å². The molecule has 0 radical (unpaired) electrons. The highest BCUT2D eigenvalue weighted by Gasteiger charge is 2.21. The summed E-state index contributed by atoms with van der Waals surface area (Å²) < 4.78 is 0. The zero-order chi connectivity index (χ0) is 10.5. The molecule has 1 aromatic heterocycles. The van der Waals surface area contributed by atoms with Gasteiger partial charge < -0.3 is 10.2 Å². The van der Waals surface area contributed by atoms with Gasteiger partial charge in [-0.15, -0.1) is 0 Å². The van der Waals surface area contributed by atoms with Gasteiger partial charge in [-0.25, -0.2) is 4.98 Å². The number of piperazine rings is 1. The van der Waals surface area contributed by atoms with E-state index < -0.39 is 0 Å². The summed E-state index contributed by atoms with van der Waals surface area (Å²) in [7, 11) is 0. The molecular weight excluding hydrogens is 186 g/mol. The van der Waals surface area contributed by atoms with Crippen LogP contribution in [0.5, 0.6) is 0 Å². The molecule has 1 fully saturated rings. The fourth-order valence-corrected chi connectivity index (χ4v) is 2.18. The summed E-state index contributed by atoms with van der Waals surface area (Å²) >= 11 is 0. The van der Waals surface area contributed by atoms with Crippen LogP contribution >= 0.6 is 0 Å². The Bertz CT molecular complexity index is 284. The van der Waals surface area contributed by atoms with Crippen LogP contribution in [0.25, 0.3) is 0 Å². The van der Waals surface area contributed by atoms with Gasteiger partial charge in [0.05, 0.1) is 0 Å². The van der Waals surface area contributed by atoms with E-state index in [1.165, 1.54) is 12.8 Å². The van der Waals surface area contributed by atoms with Crippen LogP contribution < -0.4 is 10.2 Å². The molecule has 1 aliphatic heterocycles. The first-order chi connectivity index (χ1) is 7.42. The quantitative estimate of drug-likeness (QED) is 0.813. The molecule has 3 heteroatoms. The molecule has 3 nitrogen and oxygen atoms in total. The summed E-state index contributed by atoms with van der Waals surface area (Å²) in [5, 5.41) is 3.45. The molecule has 0 amide bonds. The van der Waals surface area contributed by atoms with Crippen LogP contribution in [0.4, 0.5) is 5.82 Å². The molecule has 2 rings (SSSR count). The minimum absolute atomic E-state index is 0.610. The van der Waals surface area contributed by atoms with Crippen molar-refractivity contribution in [2.24, 2.45) is 0 Å². The van der Waals surface area contributed by atoms with Crippen molar-refractivity contribution in [3.05, 3.63) is 24.4 Å². The van der Waals surface area contributed by atoms with Crippen LogP contribution in [0.3, 0.4) is 0 Å². The number of hydrogen-bond acceptors (Lipinski definition) is 3. The van der Waals surface area contributed by atoms with Crippen molar-refractivity contribution in [3.63, 3.8) is 0 Å². The maximum atomic E-state index is 4.43. The predicted octanol–water partition coefficient (Wildman–Crippen LogP) is 1.66. The fourth-order valence-electron chi connectivity index (χ4n) is 2.18. The summed E-state index contributed by atoms with van der Waals surface area (Å²) in [5.41, 5.74) is 0. The normalized spacial score (nSPS) is 21.7. The van der Waals surface area contributed by atoms with Crippen molar-refractivity contribution in [2.45, 2.75) is 25.8 Å². The number of pyridine rings is 1. The van der Waals surface area contributed by atoms with Gasteiger partial charge in [0.2, 0.25) is 0 Å². The molecule has 82 valence electrons. The molecule has 0 aliphatic carbocycles. The van der Waals surface area contributed by atoms with Crippen molar-refractivity contribution in [1.82, 2.24) is 10.3 Å². The minimum atomic E-state index is 0.610. The van der Waals surface area contributed by atoms with Gasteiger partial charge in [-0.2, -0.15) is 0 Å². The van der Waals surface area contributed by atoms with Crippen molar-refractivity contribution < 1.29 is 0 Å². The molecule has 1 saturated heterocycles. The Kier molecular flexibility index (Phi) is 3.56. The van der Waals surface area contributed by atoms with Gasteiger partial charge in [0.15, 0.2) is 0 Å². The molecule has 1 aliphatic rings. The molecule has 1 aromatic rings. The van der Waals surface area contributed by atoms with Gasteiger partial charge in [0.25, 0.3) is 0 Å². The number of anilines is 1. The average Bonchev–Trinajstić information content (AvgIpc) is 2.31. The topological polar surface area (TPSA) is 28.2 Å². The Labute approximate surface area is 91.5 Å². The van der Waals surface area contributed by atoms with Crippen LogP contribution in [0.15, 0.2) is 24.4 Å². The highest BCUT2D eigenvalue weighted by molar-refractivity contribution is 5.39. The van der Waals surface area contributed by atoms with Gasteiger partial charge in [-0.1, -0.05) is 19.4 Å². The highest BCUT2D eigenvalue weighted by Crippen LogP contribution is 2.17. The Morgan fingerprint density at radius 3 is 3.20 bits per heavy atom. The smallest absolute Gasteiger partial charge is 0.128 e. The van der Waals surface area contributed by atoms with Crippen molar-refractivity contribution in [3.8, 4) is 0 Å². The van der Waals surface area contributed by atoms with E-state index in [0.29, 0.717) is 6.04 Å².